The second-order valence-corrected chi connectivity index (χ2v) is 9.49. The molecule has 1 aliphatic rings. The van der Waals surface area contributed by atoms with E-state index in [0.717, 1.165) is 24.0 Å². The van der Waals surface area contributed by atoms with E-state index in [0.29, 0.717) is 36.7 Å². The van der Waals surface area contributed by atoms with Crippen LogP contribution in [0.4, 0.5) is 4.79 Å². The van der Waals surface area contributed by atoms with Crippen molar-refractivity contribution in [2.24, 2.45) is 5.92 Å². The van der Waals surface area contributed by atoms with Crippen molar-refractivity contribution >= 4 is 24.0 Å². The van der Waals surface area contributed by atoms with Crippen molar-refractivity contribution in [3.63, 3.8) is 0 Å². The normalized spacial score (nSPS) is 16.0. The zero-order chi connectivity index (χ0) is 25.5. The third kappa shape index (κ3) is 8.68. The van der Waals surface area contributed by atoms with Gasteiger partial charge in [-0.2, -0.15) is 0 Å². The van der Waals surface area contributed by atoms with Gasteiger partial charge >= 0.3 is 24.0 Å². The molecule has 0 saturated carbocycles. The van der Waals surface area contributed by atoms with Gasteiger partial charge in [0.2, 0.25) is 0 Å². The summed E-state index contributed by atoms with van der Waals surface area (Å²) in [4.78, 5) is 46.9. The van der Waals surface area contributed by atoms with Gasteiger partial charge in [0.25, 0.3) is 0 Å². The molecule has 2 atom stereocenters. The zero-order valence-corrected chi connectivity index (χ0v) is 20.8. The highest BCUT2D eigenvalue weighted by Crippen LogP contribution is 2.39. The molecular weight excluding hydrogens is 442 g/mol. The summed E-state index contributed by atoms with van der Waals surface area (Å²) in [6, 6.07) is 2.49. The monoisotopic (exact) mass is 477 g/mol. The molecule has 1 aromatic rings. The Bertz CT molecular complexity index is 918. The van der Waals surface area contributed by atoms with Crippen LogP contribution in [0.25, 0.3) is 0 Å². The first-order chi connectivity index (χ1) is 15.9. The number of rotatable bonds is 8. The first-order valence-electron chi connectivity index (χ1n) is 11.5. The van der Waals surface area contributed by atoms with Gasteiger partial charge in [-0.3, -0.25) is 9.59 Å². The van der Waals surface area contributed by atoms with Gasteiger partial charge in [0.1, 0.15) is 23.1 Å². The smallest absolute Gasteiger partial charge is 0.408 e. The van der Waals surface area contributed by atoms with E-state index in [9.17, 15) is 19.2 Å². The van der Waals surface area contributed by atoms with Crippen molar-refractivity contribution < 1.29 is 38.1 Å². The minimum absolute atomic E-state index is 0.229. The Balaban J connectivity index is 1.88. The molecule has 1 aromatic carbocycles. The van der Waals surface area contributed by atoms with E-state index in [4.69, 9.17) is 18.9 Å². The Hall–Kier alpha value is -3.10. The minimum Gasteiger partial charge on any atom is -0.464 e. The molecule has 9 heteroatoms. The highest BCUT2D eigenvalue weighted by Gasteiger charge is 2.26. The molecule has 0 aromatic heterocycles. The van der Waals surface area contributed by atoms with Crippen LogP contribution in [0.15, 0.2) is 12.1 Å². The van der Waals surface area contributed by atoms with E-state index in [1.807, 2.05) is 0 Å². The summed E-state index contributed by atoms with van der Waals surface area (Å²) in [6.45, 7) is 9.69. The van der Waals surface area contributed by atoms with Crippen molar-refractivity contribution in [1.82, 2.24) is 5.32 Å². The molecule has 188 valence electrons. The molecule has 0 spiro atoms. The van der Waals surface area contributed by atoms with Crippen LogP contribution in [0.2, 0.25) is 0 Å². The first kappa shape index (κ1) is 27.1. The van der Waals surface area contributed by atoms with E-state index in [2.05, 4.69) is 5.32 Å². The molecule has 0 bridgehead atoms. The molecule has 1 N–H and O–H groups in total. The third-order valence-corrected chi connectivity index (χ3v) is 5.24. The lowest BCUT2D eigenvalue weighted by atomic mass is 9.81. The van der Waals surface area contributed by atoms with Crippen LogP contribution in [0.1, 0.15) is 71.9 Å². The Morgan fingerprint density at radius 2 is 1.62 bits per heavy atom. The number of amides is 1. The maximum Gasteiger partial charge on any atom is 0.408 e. The van der Waals surface area contributed by atoms with Crippen LogP contribution in [-0.4, -0.2) is 42.3 Å². The fourth-order valence-corrected chi connectivity index (χ4v) is 3.85. The van der Waals surface area contributed by atoms with Crippen molar-refractivity contribution in [3.05, 3.63) is 23.3 Å². The van der Waals surface area contributed by atoms with Crippen LogP contribution in [0.5, 0.6) is 11.5 Å². The highest BCUT2D eigenvalue weighted by molar-refractivity contribution is 5.81. The number of benzene rings is 1. The van der Waals surface area contributed by atoms with E-state index < -0.39 is 35.6 Å². The summed E-state index contributed by atoms with van der Waals surface area (Å²) in [5.41, 5.74) is 1.11. The van der Waals surface area contributed by atoms with Crippen LogP contribution >= 0.6 is 0 Å². The molecule has 2 rings (SSSR count). The summed E-state index contributed by atoms with van der Waals surface area (Å²) < 4.78 is 21.1. The summed E-state index contributed by atoms with van der Waals surface area (Å²) in [6.07, 6.45) is 3.01. The van der Waals surface area contributed by atoms with E-state index in [-0.39, 0.29) is 6.61 Å². The number of carbonyl (C=O) groups is 4. The predicted octanol–water partition coefficient (Wildman–Crippen LogP) is 3.88. The molecule has 1 aliphatic carbocycles. The summed E-state index contributed by atoms with van der Waals surface area (Å²) in [7, 11) is 0. The average Bonchev–Trinajstić information content (AvgIpc) is 2.70. The summed E-state index contributed by atoms with van der Waals surface area (Å²) in [5, 5.41) is 2.46. The molecule has 0 fully saturated rings. The number of hydrogen-bond acceptors (Lipinski definition) is 8. The SMILES string of the molecule is CC(=O)Oc1ccc(OC(C)=O)c2c1CCC(CCCOC(=O)[C@H](C)NC(=O)OC(C)(C)C)C2. The Morgan fingerprint density at radius 3 is 2.18 bits per heavy atom. The maximum atomic E-state index is 12.1. The van der Waals surface area contributed by atoms with Gasteiger partial charge in [0, 0.05) is 25.0 Å². The van der Waals surface area contributed by atoms with Crippen LogP contribution < -0.4 is 14.8 Å². The van der Waals surface area contributed by atoms with E-state index >= 15 is 0 Å². The second kappa shape index (κ2) is 11.9. The highest BCUT2D eigenvalue weighted by atomic mass is 16.6. The lowest BCUT2D eigenvalue weighted by molar-refractivity contribution is -0.146. The first-order valence-corrected chi connectivity index (χ1v) is 11.5. The molecule has 0 saturated heterocycles. The fraction of sp³-hybridized carbons (Fsp3) is 0.600. The number of nitrogens with one attached hydrogen (secondary N) is 1. The van der Waals surface area contributed by atoms with Crippen molar-refractivity contribution in [3.8, 4) is 11.5 Å². The van der Waals surface area contributed by atoms with Gasteiger partial charge in [-0.15, -0.1) is 0 Å². The van der Waals surface area contributed by atoms with Gasteiger partial charge < -0.3 is 24.3 Å². The summed E-state index contributed by atoms with van der Waals surface area (Å²) >= 11 is 0. The van der Waals surface area contributed by atoms with Crippen molar-refractivity contribution in [2.75, 3.05) is 6.61 Å². The Morgan fingerprint density at radius 1 is 1.03 bits per heavy atom. The van der Waals surface area contributed by atoms with Crippen molar-refractivity contribution in [2.45, 2.75) is 85.3 Å². The molecule has 9 nitrogen and oxygen atoms in total. The maximum absolute atomic E-state index is 12.1. The van der Waals surface area contributed by atoms with Crippen LogP contribution in [0, 0.1) is 5.92 Å². The molecular formula is C25H35NO8. The minimum atomic E-state index is -0.817. The van der Waals surface area contributed by atoms with Gasteiger partial charge in [-0.25, -0.2) is 9.59 Å². The predicted molar refractivity (Wildman–Crippen MR) is 124 cm³/mol. The van der Waals surface area contributed by atoms with Gasteiger partial charge in [-0.1, -0.05) is 0 Å². The molecule has 1 unspecified atom stereocenters. The number of ether oxygens (including phenoxy) is 4. The number of esters is 3. The Labute approximate surface area is 200 Å². The standard InChI is InChI=1S/C25H35NO8/c1-15(26-24(30)34-25(4,5)6)23(29)31-13-7-8-18-9-10-19-20(14-18)22(33-17(3)28)12-11-21(19)32-16(2)27/h11-12,15,18H,7-10,13-14H2,1-6H3,(H,26,30)/t15-,18?/m0/s1. The van der Waals surface area contributed by atoms with E-state index in [1.54, 1.807) is 39.8 Å². The van der Waals surface area contributed by atoms with E-state index in [1.165, 1.54) is 13.8 Å². The molecule has 0 aliphatic heterocycles. The molecule has 1 amide bonds. The number of hydrogen-bond donors (Lipinski definition) is 1. The largest absolute Gasteiger partial charge is 0.464 e. The quantitative estimate of drug-likeness (QED) is 0.341. The third-order valence-electron chi connectivity index (χ3n) is 5.24. The number of carbonyl (C=O) groups excluding carboxylic acids is 4. The van der Waals surface area contributed by atoms with Crippen LogP contribution in [-0.2, 0) is 36.7 Å². The lowest BCUT2D eigenvalue weighted by Gasteiger charge is -2.27. The lowest BCUT2D eigenvalue weighted by Crippen LogP contribution is -2.42. The topological polar surface area (TPSA) is 117 Å². The number of alkyl carbamates (subject to hydrolysis) is 1. The summed E-state index contributed by atoms with van der Waals surface area (Å²) in [5.74, 6) is -0.0606. The molecule has 0 radical (unpaired) electrons. The van der Waals surface area contributed by atoms with Gasteiger partial charge in [0.05, 0.1) is 6.61 Å². The van der Waals surface area contributed by atoms with Crippen molar-refractivity contribution in [1.29, 1.82) is 0 Å². The van der Waals surface area contributed by atoms with Gasteiger partial charge in [-0.05, 0) is 77.8 Å². The molecule has 34 heavy (non-hydrogen) atoms. The number of fused-ring (bicyclic) bond motifs is 1. The average molecular weight is 478 g/mol. The Kier molecular flexibility index (Phi) is 9.46. The zero-order valence-electron chi connectivity index (χ0n) is 20.8. The fourth-order valence-electron chi connectivity index (χ4n) is 3.85. The molecule has 0 heterocycles. The second-order valence-electron chi connectivity index (χ2n) is 9.49. The van der Waals surface area contributed by atoms with Crippen LogP contribution in [0.3, 0.4) is 0 Å². The van der Waals surface area contributed by atoms with Gasteiger partial charge in [0.15, 0.2) is 0 Å².